The molecule has 0 aliphatic heterocycles. The highest BCUT2D eigenvalue weighted by molar-refractivity contribution is 5.40. The molecule has 93 heavy (non-hydrogen) atoms. The summed E-state index contributed by atoms with van der Waals surface area (Å²) in [5.74, 6) is -4.54. The summed E-state index contributed by atoms with van der Waals surface area (Å²) in [6.07, 6.45) is -39.5. The molecule has 0 rings (SSSR count). The van der Waals surface area contributed by atoms with Crippen molar-refractivity contribution in [3.8, 4) is 0 Å². The average molecular weight is 1420 g/mol. The van der Waals surface area contributed by atoms with Crippen molar-refractivity contribution in [2.45, 2.75) is 42.2 Å². The standard InChI is InChI=1S/C53H89F17O23/c54-47(50(59,60)61,51(62,63)64)45(48(55,52(65,66)67)53(68,69)70)46(49(56,57)58)93-44-43-92-42-41-91-40-39-90-38-37-89-36-35-88-34-33-87-32-31-86-30-29-85-28-27-84-26-25-83-24-23-82-22-21-81-20-19-80-18-17-79-16-15-78-14-13-77-12-11-76-10-9-75-8-7-74-6-5-73-4-3-72-2-1-71/h71H,1-44H2. The van der Waals surface area contributed by atoms with Gasteiger partial charge >= 0.3 is 42.2 Å². The summed E-state index contributed by atoms with van der Waals surface area (Å²) >= 11 is 0. The zero-order valence-corrected chi connectivity index (χ0v) is 51.5. The van der Waals surface area contributed by atoms with Crippen LogP contribution in [0.1, 0.15) is 0 Å². The summed E-state index contributed by atoms with van der Waals surface area (Å²) in [7, 11) is 0. The van der Waals surface area contributed by atoms with Crippen LogP contribution in [0.2, 0.25) is 0 Å². The van der Waals surface area contributed by atoms with E-state index in [1.807, 2.05) is 0 Å². The van der Waals surface area contributed by atoms with Crippen molar-refractivity contribution < 1.29 is 184 Å². The molecule has 0 amide bonds. The molecule has 0 atom stereocenters. The smallest absolute Gasteiger partial charge is 0.449 e. The Kier molecular flexibility index (Phi) is 54.8. The highest BCUT2D eigenvalue weighted by Crippen LogP contribution is 2.63. The SMILES string of the molecule is OCCOCCOCCOCCOCCOCCOCCOCCOCCOCCOCCOCCOCCOCCOCCOCCOCCOCCOCCOCCOCCOCCOC(=C(C(F)(C(F)(F)F)C(F)(F)F)C(F)(C(F)(F)F)C(F)(F)F)C(F)(F)F. The van der Waals surface area contributed by atoms with Gasteiger partial charge in [0.25, 0.3) is 0 Å². The van der Waals surface area contributed by atoms with Crippen molar-refractivity contribution in [1.29, 1.82) is 0 Å². The highest BCUT2D eigenvalue weighted by atomic mass is 19.4. The van der Waals surface area contributed by atoms with Crippen LogP contribution in [0.4, 0.5) is 74.6 Å². The summed E-state index contributed by atoms with van der Waals surface area (Å²) in [5.41, 5.74) is -22.0. The zero-order valence-electron chi connectivity index (χ0n) is 51.5. The Morgan fingerprint density at radius 3 is 0.409 bits per heavy atom. The van der Waals surface area contributed by atoms with Crippen LogP contribution in [0.15, 0.2) is 11.3 Å². The quantitative estimate of drug-likeness (QED) is 0.0430. The Morgan fingerprint density at radius 2 is 0.301 bits per heavy atom. The van der Waals surface area contributed by atoms with Crippen LogP contribution < -0.4 is 0 Å². The minimum Gasteiger partial charge on any atom is -0.486 e. The zero-order chi connectivity index (χ0) is 69.3. The van der Waals surface area contributed by atoms with Gasteiger partial charge in [-0.15, -0.1) is 0 Å². The monoisotopic (exact) mass is 1420 g/mol. The number of alkyl halides is 17. The van der Waals surface area contributed by atoms with Crippen LogP contribution in [-0.2, 0) is 104 Å². The minimum atomic E-state index is -8.24. The second-order valence-corrected chi connectivity index (χ2v) is 17.9. The van der Waals surface area contributed by atoms with Gasteiger partial charge < -0.3 is 109 Å². The summed E-state index contributed by atoms with van der Waals surface area (Å²) < 4.78 is 345. The second kappa shape index (κ2) is 56.4. The number of allylic oxidation sites excluding steroid dienone is 2. The van der Waals surface area contributed by atoms with Crippen LogP contribution in [0.25, 0.3) is 0 Å². The van der Waals surface area contributed by atoms with Gasteiger partial charge in [0.2, 0.25) is 5.76 Å². The van der Waals surface area contributed by atoms with Gasteiger partial charge in [-0.3, -0.25) is 0 Å². The van der Waals surface area contributed by atoms with Gasteiger partial charge in [0.1, 0.15) is 6.61 Å². The lowest BCUT2D eigenvalue weighted by atomic mass is 9.79. The largest absolute Gasteiger partial charge is 0.486 e. The number of hydrogen-bond acceptors (Lipinski definition) is 23. The van der Waals surface area contributed by atoms with E-state index in [9.17, 15) is 74.6 Å². The number of ether oxygens (including phenoxy) is 22. The van der Waals surface area contributed by atoms with Crippen molar-refractivity contribution in [1.82, 2.24) is 0 Å². The van der Waals surface area contributed by atoms with Gasteiger partial charge in [0, 0.05) is 0 Å². The molecule has 558 valence electrons. The molecule has 0 spiro atoms. The molecule has 0 aliphatic carbocycles. The highest BCUT2D eigenvalue weighted by Gasteiger charge is 2.88. The van der Waals surface area contributed by atoms with Gasteiger partial charge in [-0.1, -0.05) is 0 Å². The Bertz CT molecular complexity index is 1640. The first-order chi connectivity index (χ1) is 44.3. The Hall–Kier alpha value is -2.53. The lowest BCUT2D eigenvalue weighted by Crippen LogP contribution is -2.66. The second-order valence-electron chi connectivity index (χ2n) is 17.9. The van der Waals surface area contributed by atoms with Crippen LogP contribution in [0, 0.1) is 0 Å². The molecule has 0 radical (unpaired) electrons. The van der Waals surface area contributed by atoms with E-state index >= 15 is 0 Å². The Balaban J connectivity index is 3.57. The van der Waals surface area contributed by atoms with Gasteiger partial charge in [0.05, 0.1) is 290 Å². The van der Waals surface area contributed by atoms with E-state index in [0.29, 0.717) is 205 Å². The van der Waals surface area contributed by atoms with Crippen molar-refractivity contribution in [2.75, 3.05) is 291 Å². The van der Waals surface area contributed by atoms with Crippen LogP contribution >= 0.6 is 0 Å². The molecule has 0 saturated heterocycles. The average Bonchev–Trinajstić information content (AvgIpc) is 0.709. The Labute approximate surface area is 527 Å². The van der Waals surface area contributed by atoms with E-state index < -0.39 is 80.0 Å². The molecular formula is C53H89F17O23. The van der Waals surface area contributed by atoms with E-state index in [1.165, 1.54) is 0 Å². The third kappa shape index (κ3) is 45.6. The molecule has 0 bridgehead atoms. The van der Waals surface area contributed by atoms with Crippen molar-refractivity contribution in [2.24, 2.45) is 0 Å². The summed E-state index contributed by atoms with van der Waals surface area (Å²) in [5, 5.41) is 8.60. The van der Waals surface area contributed by atoms with E-state index in [4.69, 9.17) is 99.8 Å². The van der Waals surface area contributed by atoms with Crippen molar-refractivity contribution in [3.05, 3.63) is 11.3 Å². The van der Waals surface area contributed by atoms with Gasteiger partial charge in [0.15, 0.2) is 0 Å². The van der Waals surface area contributed by atoms with E-state index in [-0.39, 0.29) is 59.5 Å². The summed E-state index contributed by atoms with van der Waals surface area (Å²) in [4.78, 5) is 0. The first-order valence-corrected chi connectivity index (χ1v) is 29.1. The van der Waals surface area contributed by atoms with Crippen molar-refractivity contribution in [3.63, 3.8) is 0 Å². The maximum atomic E-state index is 14.7. The molecule has 1 N–H and O–H groups in total. The number of rotatable bonds is 68. The van der Waals surface area contributed by atoms with Gasteiger partial charge in [-0.25, -0.2) is 8.78 Å². The number of halogens is 17. The molecule has 0 aromatic heterocycles. The predicted molar refractivity (Wildman–Crippen MR) is 285 cm³/mol. The molecule has 23 nitrogen and oxygen atoms in total. The maximum Gasteiger partial charge on any atom is 0.449 e. The molecule has 0 aromatic rings. The first kappa shape index (κ1) is 90.5. The molecule has 40 heteroatoms. The van der Waals surface area contributed by atoms with Crippen LogP contribution in [0.5, 0.6) is 0 Å². The van der Waals surface area contributed by atoms with Gasteiger partial charge in [-0.2, -0.15) is 65.9 Å². The summed E-state index contributed by atoms with van der Waals surface area (Å²) in [6.45, 7) is 9.33. The van der Waals surface area contributed by atoms with Crippen LogP contribution in [0.3, 0.4) is 0 Å². The number of hydrogen-bond donors (Lipinski definition) is 1. The summed E-state index contributed by atoms with van der Waals surface area (Å²) in [6, 6.07) is 0. The van der Waals surface area contributed by atoms with Crippen LogP contribution in [-0.4, -0.2) is 338 Å². The van der Waals surface area contributed by atoms with Gasteiger partial charge in [-0.05, 0) is 0 Å². The van der Waals surface area contributed by atoms with Crippen molar-refractivity contribution >= 4 is 0 Å². The number of aliphatic hydroxyl groups is 1. The third-order valence-electron chi connectivity index (χ3n) is 10.9. The fourth-order valence-electron chi connectivity index (χ4n) is 6.50. The molecule has 0 aromatic carbocycles. The first-order valence-electron chi connectivity index (χ1n) is 29.1. The fourth-order valence-corrected chi connectivity index (χ4v) is 6.50. The lowest BCUT2D eigenvalue weighted by Gasteiger charge is -2.41. The molecule has 0 saturated carbocycles. The molecule has 0 heterocycles. The third-order valence-corrected chi connectivity index (χ3v) is 10.9. The topological polar surface area (TPSA) is 223 Å². The molecular weight excluding hydrogens is 1330 g/mol. The minimum absolute atomic E-state index is 0.00260. The number of aliphatic hydroxyl groups excluding tert-OH is 1. The molecule has 0 aliphatic rings. The van der Waals surface area contributed by atoms with E-state index in [2.05, 4.69) is 9.47 Å². The fraction of sp³-hybridized carbons (Fsp3) is 0.962. The molecule has 0 fully saturated rings. The van der Waals surface area contributed by atoms with E-state index in [0.717, 1.165) is 0 Å². The maximum absolute atomic E-state index is 14.7. The normalized spacial score (nSPS) is 13.1. The molecule has 0 unspecified atom stereocenters. The lowest BCUT2D eigenvalue weighted by molar-refractivity contribution is -0.366. The van der Waals surface area contributed by atoms with E-state index in [1.54, 1.807) is 0 Å². The predicted octanol–water partition coefficient (Wildman–Crippen LogP) is 5.83. The Morgan fingerprint density at radius 1 is 0.183 bits per heavy atom.